The summed E-state index contributed by atoms with van der Waals surface area (Å²) in [6, 6.07) is 0. The number of aromatic nitrogens is 3. The first-order valence-electron chi connectivity index (χ1n) is 6.65. The van der Waals surface area contributed by atoms with E-state index in [-0.39, 0.29) is 17.4 Å². The number of hydrogen-bond acceptors (Lipinski definition) is 5. The van der Waals surface area contributed by atoms with Crippen LogP contribution in [0.15, 0.2) is 4.79 Å². The number of aromatic amines is 2. The summed E-state index contributed by atoms with van der Waals surface area (Å²) in [6.07, 6.45) is 1.76. The fourth-order valence-electron chi connectivity index (χ4n) is 2.33. The number of piperidine rings is 1. The Hall–Kier alpha value is -1.19. The third kappa shape index (κ3) is 3.68. The molecule has 2 heterocycles. The number of sulfonamides is 1. The van der Waals surface area contributed by atoms with Crippen molar-refractivity contribution in [1.29, 1.82) is 0 Å². The van der Waals surface area contributed by atoms with Gasteiger partial charge in [0.1, 0.15) is 5.82 Å². The average molecular weight is 303 g/mol. The molecule has 1 fully saturated rings. The number of hydrogen-bond donors (Lipinski definition) is 2. The summed E-state index contributed by atoms with van der Waals surface area (Å²) in [4.78, 5) is 15.8. The van der Waals surface area contributed by atoms with Gasteiger partial charge in [0.15, 0.2) is 0 Å². The van der Waals surface area contributed by atoms with E-state index < -0.39 is 10.0 Å². The zero-order chi connectivity index (χ0) is 14.8. The molecular formula is C11H21N5O3S. The van der Waals surface area contributed by atoms with Gasteiger partial charge in [0.25, 0.3) is 0 Å². The predicted octanol–water partition coefficient (Wildman–Crippen LogP) is -0.831. The Morgan fingerprint density at radius 3 is 2.50 bits per heavy atom. The van der Waals surface area contributed by atoms with E-state index in [1.54, 1.807) is 14.1 Å². The Labute approximate surface area is 118 Å². The van der Waals surface area contributed by atoms with Crippen LogP contribution in [0.5, 0.6) is 0 Å². The summed E-state index contributed by atoms with van der Waals surface area (Å²) >= 11 is 0. The smallest absolute Gasteiger partial charge is 0.302 e. The number of H-pyrrole nitrogens is 2. The van der Waals surface area contributed by atoms with Crippen LogP contribution in [-0.4, -0.2) is 72.3 Å². The standard InChI is InChI=1S/C11H21N5O3S/c1-15(2)20(18,19)8-7-16-5-3-9(4-6-16)10-12-11(17)14-13-10/h9H,3-8H2,1-2H3,(H2,12,13,14,17). The molecule has 1 aliphatic rings. The van der Waals surface area contributed by atoms with Gasteiger partial charge in [0.05, 0.1) is 5.75 Å². The zero-order valence-electron chi connectivity index (χ0n) is 11.8. The van der Waals surface area contributed by atoms with Crippen LogP contribution in [0, 0.1) is 0 Å². The minimum absolute atomic E-state index is 0.143. The fourth-order valence-corrected chi connectivity index (χ4v) is 3.19. The second-order valence-electron chi connectivity index (χ2n) is 5.28. The van der Waals surface area contributed by atoms with Crippen molar-refractivity contribution in [3.05, 3.63) is 16.3 Å². The van der Waals surface area contributed by atoms with Gasteiger partial charge in [0, 0.05) is 26.6 Å². The average Bonchev–Trinajstić information content (AvgIpc) is 2.83. The summed E-state index contributed by atoms with van der Waals surface area (Å²) in [6.45, 7) is 2.19. The van der Waals surface area contributed by atoms with Crippen LogP contribution in [0.4, 0.5) is 0 Å². The third-order valence-corrected chi connectivity index (χ3v) is 5.53. The third-order valence-electron chi connectivity index (χ3n) is 3.72. The van der Waals surface area contributed by atoms with Gasteiger partial charge < -0.3 is 4.90 Å². The van der Waals surface area contributed by atoms with Crippen LogP contribution in [0.1, 0.15) is 24.6 Å². The highest BCUT2D eigenvalue weighted by atomic mass is 32.2. The van der Waals surface area contributed by atoms with E-state index in [2.05, 4.69) is 20.1 Å². The number of nitrogens with one attached hydrogen (secondary N) is 2. The molecule has 2 N–H and O–H groups in total. The maximum Gasteiger partial charge on any atom is 0.340 e. The van der Waals surface area contributed by atoms with E-state index >= 15 is 0 Å². The Morgan fingerprint density at radius 1 is 1.35 bits per heavy atom. The molecule has 0 amide bonds. The van der Waals surface area contributed by atoms with Crippen LogP contribution >= 0.6 is 0 Å². The monoisotopic (exact) mass is 303 g/mol. The number of likely N-dealkylation sites (tertiary alicyclic amines) is 1. The lowest BCUT2D eigenvalue weighted by Crippen LogP contribution is -2.38. The Balaban J connectivity index is 1.82. The molecule has 20 heavy (non-hydrogen) atoms. The molecule has 0 bridgehead atoms. The van der Waals surface area contributed by atoms with Crippen LogP contribution in [0.2, 0.25) is 0 Å². The van der Waals surface area contributed by atoms with Crippen molar-refractivity contribution in [3.63, 3.8) is 0 Å². The zero-order valence-corrected chi connectivity index (χ0v) is 12.6. The number of rotatable bonds is 5. The first-order valence-corrected chi connectivity index (χ1v) is 8.26. The minimum atomic E-state index is -3.13. The largest absolute Gasteiger partial charge is 0.340 e. The SMILES string of the molecule is CN(C)S(=O)(=O)CCN1CCC(c2n[nH]c(=O)[nH]2)CC1. The van der Waals surface area contributed by atoms with Crippen molar-refractivity contribution in [2.75, 3.05) is 39.5 Å². The Kier molecular flexibility index (Phi) is 4.61. The highest BCUT2D eigenvalue weighted by molar-refractivity contribution is 7.89. The van der Waals surface area contributed by atoms with Gasteiger partial charge in [-0.05, 0) is 25.9 Å². The van der Waals surface area contributed by atoms with Crippen molar-refractivity contribution in [2.45, 2.75) is 18.8 Å². The van der Waals surface area contributed by atoms with Gasteiger partial charge >= 0.3 is 5.69 Å². The molecule has 8 nitrogen and oxygen atoms in total. The van der Waals surface area contributed by atoms with Crippen LogP contribution < -0.4 is 5.69 Å². The van der Waals surface area contributed by atoms with Gasteiger partial charge in [-0.25, -0.2) is 22.6 Å². The first-order chi connectivity index (χ1) is 9.38. The van der Waals surface area contributed by atoms with E-state index in [1.165, 1.54) is 4.31 Å². The molecule has 1 aliphatic heterocycles. The van der Waals surface area contributed by atoms with Crippen LogP contribution in [0.25, 0.3) is 0 Å². The lowest BCUT2D eigenvalue weighted by molar-refractivity contribution is 0.219. The quantitative estimate of drug-likeness (QED) is 0.739. The molecule has 114 valence electrons. The molecule has 0 aromatic carbocycles. The first kappa shape index (κ1) is 15.2. The summed E-state index contributed by atoms with van der Waals surface area (Å²) in [7, 11) is -0.0309. The lowest BCUT2D eigenvalue weighted by atomic mass is 9.96. The van der Waals surface area contributed by atoms with E-state index in [9.17, 15) is 13.2 Å². The van der Waals surface area contributed by atoms with E-state index in [4.69, 9.17) is 0 Å². The Bertz CT molecular complexity index is 583. The topological polar surface area (TPSA) is 102 Å². The van der Waals surface area contributed by atoms with Gasteiger partial charge in [0.2, 0.25) is 10.0 Å². The predicted molar refractivity (Wildman–Crippen MR) is 75.1 cm³/mol. The van der Waals surface area contributed by atoms with Gasteiger partial charge in [-0.2, -0.15) is 5.10 Å². The maximum atomic E-state index is 11.7. The molecule has 2 rings (SSSR count). The van der Waals surface area contributed by atoms with Crippen molar-refractivity contribution in [2.24, 2.45) is 0 Å². The Morgan fingerprint density at radius 2 is 2.00 bits per heavy atom. The minimum Gasteiger partial charge on any atom is -0.302 e. The van der Waals surface area contributed by atoms with Crippen LogP contribution in [-0.2, 0) is 10.0 Å². The normalized spacial score (nSPS) is 18.8. The molecule has 0 atom stereocenters. The van der Waals surface area contributed by atoms with E-state index in [1.807, 2.05) is 0 Å². The van der Waals surface area contributed by atoms with Gasteiger partial charge in [-0.1, -0.05) is 0 Å². The van der Waals surface area contributed by atoms with Crippen LogP contribution in [0.3, 0.4) is 0 Å². The lowest BCUT2D eigenvalue weighted by Gasteiger charge is -2.30. The molecule has 1 aromatic rings. The van der Waals surface area contributed by atoms with E-state index in [0.29, 0.717) is 12.4 Å². The molecule has 0 spiro atoms. The summed E-state index contributed by atoms with van der Waals surface area (Å²) in [5, 5.41) is 6.33. The second-order valence-corrected chi connectivity index (χ2v) is 7.58. The second kappa shape index (κ2) is 6.06. The summed E-state index contributed by atoms with van der Waals surface area (Å²) in [5.41, 5.74) is -0.278. The van der Waals surface area contributed by atoms with Crippen molar-refractivity contribution in [3.8, 4) is 0 Å². The van der Waals surface area contributed by atoms with Crippen molar-refractivity contribution >= 4 is 10.0 Å². The molecule has 0 aliphatic carbocycles. The molecule has 1 aromatic heterocycles. The highest BCUT2D eigenvalue weighted by Crippen LogP contribution is 2.24. The molecular weight excluding hydrogens is 282 g/mol. The van der Waals surface area contributed by atoms with Crippen molar-refractivity contribution < 1.29 is 8.42 Å². The van der Waals surface area contributed by atoms with E-state index in [0.717, 1.165) is 25.9 Å². The number of nitrogens with zero attached hydrogens (tertiary/aromatic N) is 3. The maximum absolute atomic E-state index is 11.7. The fraction of sp³-hybridized carbons (Fsp3) is 0.818. The highest BCUT2D eigenvalue weighted by Gasteiger charge is 2.24. The van der Waals surface area contributed by atoms with Crippen molar-refractivity contribution in [1.82, 2.24) is 24.4 Å². The molecule has 0 radical (unpaired) electrons. The molecule has 0 saturated carbocycles. The summed E-state index contributed by atoms with van der Waals surface area (Å²) < 4.78 is 24.7. The van der Waals surface area contributed by atoms with Gasteiger partial charge in [-0.3, -0.25) is 4.98 Å². The van der Waals surface area contributed by atoms with Gasteiger partial charge in [-0.15, -0.1) is 0 Å². The molecule has 0 unspecified atom stereocenters. The molecule has 1 saturated heterocycles. The summed E-state index contributed by atoms with van der Waals surface area (Å²) in [5.74, 6) is 1.09. The molecule has 9 heteroatoms.